The molecule has 0 fully saturated rings. The Hall–Kier alpha value is -3.07. The Morgan fingerprint density at radius 2 is 2.07 bits per heavy atom. The van der Waals surface area contributed by atoms with Crippen molar-refractivity contribution in [2.45, 2.75) is 23.5 Å². The first-order valence-corrected chi connectivity index (χ1v) is 9.52. The molecule has 0 saturated heterocycles. The quantitative estimate of drug-likeness (QED) is 0.362. The van der Waals surface area contributed by atoms with Gasteiger partial charge >= 0.3 is 5.97 Å². The number of benzene rings is 2. The van der Waals surface area contributed by atoms with Crippen LogP contribution in [0, 0.1) is 10.1 Å². The lowest BCUT2D eigenvalue weighted by Gasteiger charge is -2.22. The van der Waals surface area contributed by atoms with Crippen molar-refractivity contribution in [3.8, 4) is 0 Å². The number of carbonyl (C=O) groups excluding carboxylic acids is 2. The van der Waals surface area contributed by atoms with E-state index < -0.39 is 17.5 Å². The minimum absolute atomic E-state index is 0.0332. The van der Waals surface area contributed by atoms with Crippen molar-refractivity contribution in [1.82, 2.24) is 0 Å². The first kappa shape index (κ1) is 19.7. The number of nitrogens with zero attached hydrogens (tertiary/aromatic N) is 2. The van der Waals surface area contributed by atoms with Gasteiger partial charge in [0.2, 0.25) is 0 Å². The Bertz CT molecular complexity index is 934. The largest absolute Gasteiger partial charge is 0.452 e. The number of hydrogen-bond donors (Lipinski definition) is 1. The maximum Gasteiger partial charge on any atom is 0.338 e. The number of esters is 1. The second kappa shape index (κ2) is 8.30. The van der Waals surface area contributed by atoms with Crippen LogP contribution in [0.3, 0.4) is 0 Å². The van der Waals surface area contributed by atoms with Crippen LogP contribution in [0.2, 0.25) is 0 Å². The lowest BCUT2D eigenvalue weighted by atomic mass is 10.2. The van der Waals surface area contributed by atoms with E-state index in [2.05, 4.69) is 6.92 Å². The van der Waals surface area contributed by atoms with Gasteiger partial charge in [-0.1, -0.05) is 19.1 Å². The Kier molecular flexibility index (Phi) is 5.84. The molecule has 3 rings (SSSR count). The van der Waals surface area contributed by atoms with Crippen LogP contribution in [0.25, 0.3) is 0 Å². The Labute approximate surface area is 165 Å². The lowest BCUT2D eigenvalue weighted by Crippen LogP contribution is -2.35. The lowest BCUT2D eigenvalue weighted by molar-refractivity contribution is -0.383. The van der Waals surface area contributed by atoms with Gasteiger partial charge in [-0.15, -0.1) is 11.8 Å². The number of hydrogen-bond acceptors (Lipinski definition) is 7. The molecule has 1 aliphatic rings. The number of ether oxygens (including phenoxy) is 1. The van der Waals surface area contributed by atoms with Gasteiger partial charge in [0.25, 0.3) is 11.6 Å². The number of nitro groups is 1. The van der Waals surface area contributed by atoms with Gasteiger partial charge in [-0.2, -0.15) is 0 Å². The number of amides is 1. The molecular weight excluding hydrogens is 382 g/mol. The molecule has 146 valence electrons. The molecule has 28 heavy (non-hydrogen) atoms. The highest BCUT2D eigenvalue weighted by atomic mass is 32.2. The molecule has 0 saturated carbocycles. The van der Waals surface area contributed by atoms with E-state index in [-0.39, 0.29) is 22.8 Å². The summed E-state index contributed by atoms with van der Waals surface area (Å²) in [4.78, 5) is 37.8. The first-order valence-electron chi connectivity index (χ1n) is 8.64. The minimum Gasteiger partial charge on any atom is -0.452 e. The molecule has 0 radical (unpaired) electrons. The van der Waals surface area contributed by atoms with Crippen molar-refractivity contribution in [1.29, 1.82) is 0 Å². The highest BCUT2D eigenvalue weighted by Gasteiger charge is 2.25. The average molecular weight is 401 g/mol. The molecule has 0 bridgehead atoms. The monoisotopic (exact) mass is 401 g/mol. The van der Waals surface area contributed by atoms with Crippen LogP contribution < -0.4 is 10.6 Å². The SMILES string of the molecule is C[C@@H]1CCN(C(=O)COC(=O)c2ccc(N)c([N+](=O)[O-])c2)c2ccccc2S1. The second-order valence-electron chi connectivity index (χ2n) is 6.34. The summed E-state index contributed by atoms with van der Waals surface area (Å²) < 4.78 is 5.10. The molecule has 2 aromatic carbocycles. The molecule has 8 nitrogen and oxygen atoms in total. The van der Waals surface area contributed by atoms with Crippen molar-refractivity contribution in [3.63, 3.8) is 0 Å². The summed E-state index contributed by atoms with van der Waals surface area (Å²) in [5, 5.41) is 11.3. The Morgan fingerprint density at radius 1 is 1.32 bits per heavy atom. The van der Waals surface area contributed by atoms with E-state index in [4.69, 9.17) is 10.5 Å². The predicted molar refractivity (Wildman–Crippen MR) is 107 cm³/mol. The fourth-order valence-electron chi connectivity index (χ4n) is 2.86. The summed E-state index contributed by atoms with van der Waals surface area (Å²) in [5.41, 5.74) is 5.85. The molecular formula is C19H19N3O5S. The van der Waals surface area contributed by atoms with Crippen molar-refractivity contribution >= 4 is 40.7 Å². The number of nitro benzene ring substituents is 1. The molecule has 9 heteroatoms. The fraction of sp³-hybridized carbons (Fsp3) is 0.263. The second-order valence-corrected chi connectivity index (χ2v) is 7.82. The van der Waals surface area contributed by atoms with E-state index >= 15 is 0 Å². The van der Waals surface area contributed by atoms with E-state index in [1.54, 1.807) is 16.7 Å². The number of nitrogens with two attached hydrogens (primary N) is 1. The molecule has 0 aliphatic carbocycles. The average Bonchev–Trinajstić information content (AvgIpc) is 2.84. The van der Waals surface area contributed by atoms with Crippen molar-refractivity contribution in [2.24, 2.45) is 0 Å². The number of carbonyl (C=O) groups is 2. The third kappa shape index (κ3) is 4.25. The molecule has 1 atom stereocenters. The van der Waals surface area contributed by atoms with Crippen LogP contribution in [0.4, 0.5) is 17.1 Å². The summed E-state index contributed by atoms with van der Waals surface area (Å²) in [6, 6.07) is 11.2. The molecule has 1 heterocycles. The van der Waals surface area contributed by atoms with Crippen LogP contribution in [0.15, 0.2) is 47.4 Å². The number of fused-ring (bicyclic) bond motifs is 1. The van der Waals surface area contributed by atoms with E-state index in [0.29, 0.717) is 11.8 Å². The first-order chi connectivity index (χ1) is 13.4. The summed E-state index contributed by atoms with van der Waals surface area (Å²) >= 11 is 1.70. The fourth-order valence-corrected chi connectivity index (χ4v) is 3.98. The van der Waals surface area contributed by atoms with Crippen molar-refractivity contribution in [3.05, 3.63) is 58.1 Å². The maximum absolute atomic E-state index is 12.7. The minimum atomic E-state index is -0.817. The normalized spacial score (nSPS) is 16.0. The van der Waals surface area contributed by atoms with Crippen LogP contribution in [-0.4, -0.2) is 35.2 Å². The summed E-state index contributed by atoms with van der Waals surface area (Å²) in [7, 11) is 0. The molecule has 0 spiro atoms. The van der Waals surface area contributed by atoms with Crippen molar-refractivity contribution in [2.75, 3.05) is 23.8 Å². The van der Waals surface area contributed by atoms with Gasteiger partial charge in [0.15, 0.2) is 6.61 Å². The molecule has 0 aromatic heterocycles. The zero-order chi connectivity index (χ0) is 20.3. The number of para-hydroxylation sites is 1. The third-order valence-corrected chi connectivity index (χ3v) is 5.57. The van der Waals surface area contributed by atoms with Gasteiger partial charge in [-0.25, -0.2) is 4.79 Å². The molecule has 1 aliphatic heterocycles. The molecule has 2 aromatic rings. The standard InChI is InChI=1S/C19H19N3O5S/c1-12-8-9-21(15-4-2-3-5-17(15)28-12)18(23)11-27-19(24)13-6-7-14(20)16(10-13)22(25)26/h2-7,10,12H,8-9,11,20H2,1H3/t12-/m1/s1. The smallest absolute Gasteiger partial charge is 0.338 e. The number of nitrogen functional groups attached to an aromatic ring is 1. The molecule has 0 unspecified atom stereocenters. The van der Waals surface area contributed by atoms with Gasteiger partial charge < -0.3 is 15.4 Å². The maximum atomic E-state index is 12.7. The zero-order valence-electron chi connectivity index (χ0n) is 15.2. The highest BCUT2D eigenvalue weighted by molar-refractivity contribution is 8.00. The molecule has 2 N–H and O–H groups in total. The summed E-state index contributed by atoms with van der Waals surface area (Å²) in [6.45, 7) is 2.17. The third-order valence-electron chi connectivity index (χ3n) is 4.33. The number of thioether (sulfide) groups is 1. The summed E-state index contributed by atoms with van der Waals surface area (Å²) in [5.74, 6) is -1.16. The van der Waals surface area contributed by atoms with Crippen LogP contribution >= 0.6 is 11.8 Å². The topological polar surface area (TPSA) is 116 Å². The van der Waals surface area contributed by atoms with Gasteiger partial charge in [-0.3, -0.25) is 14.9 Å². The number of rotatable bonds is 4. The van der Waals surface area contributed by atoms with E-state index in [1.807, 2.05) is 24.3 Å². The van der Waals surface area contributed by atoms with Gasteiger partial charge in [0.05, 0.1) is 16.2 Å². The van der Waals surface area contributed by atoms with E-state index in [9.17, 15) is 19.7 Å². The van der Waals surface area contributed by atoms with E-state index in [0.717, 1.165) is 23.1 Å². The van der Waals surface area contributed by atoms with Crippen LogP contribution in [-0.2, 0) is 9.53 Å². The predicted octanol–water partition coefficient (Wildman–Crippen LogP) is 3.25. The van der Waals surface area contributed by atoms with E-state index in [1.165, 1.54) is 12.1 Å². The molecule has 1 amide bonds. The van der Waals surface area contributed by atoms with Crippen molar-refractivity contribution < 1.29 is 19.2 Å². The highest BCUT2D eigenvalue weighted by Crippen LogP contribution is 2.37. The van der Waals surface area contributed by atoms with Crippen LogP contribution in [0.5, 0.6) is 0 Å². The van der Waals surface area contributed by atoms with Crippen LogP contribution in [0.1, 0.15) is 23.7 Å². The summed E-state index contributed by atoms with van der Waals surface area (Å²) in [6.07, 6.45) is 0.809. The Morgan fingerprint density at radius 3 is 2.82 bits per heavy atom. The van der Waals surface area contributed by atoms with Gasteiger partial charge in [-0.05, 0) is 30.7 Å². The number of anilines is 2. The van der Waals surface area contributed by atoms with Gasteiger partial charge in [0.1, 0.15) is 5.69 Å². The Balaban J connectivity index is 1.71. The van der Waals surface area contributed by atoms with Gasteiger partial charge in [0, 0.05) is 22.8 Å². The zero-order valence-corrected chi connectivity index (χ0v) is 16.0.